The first-order valence-electron chi connectivity index (χ1n) is 8.22. The second kappa shape index (κ2) is 6.90. The van der Waals surface area contributed by atoms with Crippen LogP contribution in [-0.2, 0) is 0 Å². The lowest BCUT2D eigenvalue weighted by Crippen LogP contribution is -2.61. The predicted molar refractivity (Wildman–Crippen MR) is 103 cm³/mol. The minimum absolute atomic E-state index is 0.0730. The Morgan fingerprint density at radius 3 is 2.60 bits per heavy atom. The molecule has 1 aromatic heterocycles. The third-order valence-corrected chi connectivity index (χ3v) is 4.03. The van der Waals surface area contributed by atoms with Gasteiger partial charge >= 0.3 is 0 Å². The SMILES string of the molecule is CNc1cc(NC2=NC(N)(C(C)C)NC(c3ccccc3)=N2)ccn1. The number of nitrogens with zero attached hydrogens (tertiary/aromatic N) is 3. The van der Waals surface area contributed by atoms with E-state index in [2.05, 4.69) is 30.9 Å². The van der Waals surface area contributed by atoms with Crippen LogP contribution in [0.5, 0.6) is 0 Å². The Labute approximate surface area is 147 Å². The number of amidine groups is 1. The number of nitrogens with two attached hydrogens (primary N) is 1. The summed E-state index contributed by atoms with van der Waals surface area (Å²) >= 11 is 0. The highest BCUT2D eigenvalue weighted by Gasteiger charge is 2.33. The van der Waals surface area contributed by atoms with Crippen molar-refractivity contribution in [2.75, 3.05) is 17.7 Å². The summed E-state index contributed by atoms with van der Waals surface area (Å²) in [6, 6.07) is 13.6. The minimum Gasteiger partial charge on any atom is -0.373 e. The first-order valence-corrected chi connectivity index (χ1v) is 8.22. The van der Waals surface area contributed by atoms with Crippen LogP contribution < -0.4 is 21.7 Å². The molecule has 0 spiro atoms. The molecule has 1 atom stereocenters. The van der Waals surface area contributed by atoms with Crippen molar-refractivity contribution in [2.24, 2.45) is 21.6 Å². The van der Waals surface area contributed by atoms with E-state index < -0.39 is 5.79 Å². The van der Waals surface area contributed by atoms with Gasteiger partial charge in [-0.25, -0.2) is 9.98 Å². The summed E-state index contributed by atoms with van der Waals surface area (Å²) in [6.07, 6.45) is 1.72. The van der Waals surface area contributed by atoms with Crippen molar-refractivity contribution in [1.82, 2.24) is 10.3 Å². The highest BCUT2D eigenvalue weighted by molar-refractivity contribution is 6.10. The molecule has 25 heavy (non-hydrogen) atoms. The normalized spacial score (nSPS) is 19.7. The van der Waals surface area contributed by atoms with E-state index in [-0.39, 0.29) is 5.92 Å². The van der Waals surface area contributed by atoms with Gasteiger partial charge in [0.25, 0.3) is 0 Å². The fourth-order valence-electron chi connectivity index (χ4n) is 2.39. The minimum atomic E-state index is -0.936. The number of nitrogens with one attached hydrogen (secondary N) is 3. The second-order valence-electron chi connectivity index (χ2n) is 6.17. The Morgan fingerprint density at radius 2 is 1.92 bits per heavy atom. The largest absolute Gasteiger partial charge is 0.373 e. The standard InChI is InChI=1S/C18H23N7/c1-12(2)18(19)24-16(13-7-5-4-6-8-13)23-17(25-18)22-14-9-10-21-15(11-14)20-3/h4-12H,19H2,1-3H3,(H3,20,21,22,23,24,25). The molecule has 0 amide bonds. The van der Waals surface area contributed by atoms with E-state index in [4.69, 9.17) is 5.73 Å². The summed E-state index contributed by atoms with van der Waals surface area (Å²) < 4.78 is 0. The van der Waals surface area contributed by atoms with Crippen molar-refractivity contribution in [3.05, 3.63) is 54.2 Å². The summed E-state index contributed by atoms with van der Waals surface area (Å²) in [5.74, 6) is 1.05. The third-order valence-electron chi connectivity index (χ3n) is 4.03. The lowest BCUT2D eigenvalue weighted by molar-refractivity contribution is 0.295. The average molecular weight is 337 g/mol. The molecule has 1 aliphatic rings. The zero-order chi connectivity index (χ0) is 17.9. The summed E-state index contributed by atoms with van der Waals surface area (Å²) in [4.78, 5) is 13.4. The molecule has 7 nitrogen and oxygen atoms in total. The van der Waals surface area contributed by atoms with E-state index in [1.165, 1.54) is 0 Å². The molecule has 0 saturated heterocycles. The Kier molecular flexibility index (Phi) is 4.67. The molecule has 2 aromatic rings. The maximum absolute atomic E-state index is 6.49. The van der Waals surface area contributed by atoms with Crippen LogP contribution in [0.4, 0.5) is 11.5 Å². The lowest BCUT2D eigenvalue weighted by atomic mass is 10.0. The number of rotatable bonds is 4. The molecule has 1 aliphatic heterocycles. The molecule has 2 heterocycles. The van der Waals surface area contributed by atoms with E-state index in [1.807, 2.05) is 63.4 Å². The molecule has 0 fully saturated rings. The Balaban J connectivity index is 1.96. The van der Waals surface area contributed by atoms with Crippen LogP contribution in [-0.4, -0.2) is 29.6 Å². The van der Waals surface area contributed by atoms with Crippen molar-refractivity contribution >= 4 is 23.3 Å². The Hall–Kier alpha value is -2.93. The maximum atomic E-state index is 6.49. The van der Waals surface area contributed by atoms with E-state index in [0.717, 1.165) is 17.1 Å². The summed E-state index contributed by atoms with van der Waals surface area (Å²) in [5.41, 5.74) is 8.28. The number of hydrogen-bond acceptors (Lipinski definition) is 7. The summed E-state index contributed by atoms with van der Waals surface area (Å²) in [6.45, 7) is 4.04. The molecule has 0 radical (unpaired) electrons. The molecule has 5 N–H and O–H groups in total. The number of aliphatic imine (C=N–C) groups is 2. The molecule has 0 aliphatic carbocycles. The fraction of sp³-hybridized carbons (Fsp3) is 0.278. The number of anilines is 2. The van der Waals surface area contributed by atoms with Crippen molar-refractivity contribution in [3.8, 4) is 0 Å². The zero-order valence-electron chi connectivity index (χ0n) is 14.6. The van der Waals surface area contributed by atoms with E-state index in [1.54, 1.807) is 6.20 Å². The number of guanidine groups is 1. The van der Waals surface area contributed by atoms with Crippen LogP contribution in [0, 0.1) is 5.92 Å². The van der Waals surface area contributed by atoms with Gasteiger partial charge in [0.2, 0.25) is 5.96 Å². The molecule has 0 saturated carbocycles. The Morgan fingerprint density at radius 1 is 1.16 bits per heavy atom. The molecule has 3 rings (SSSR count). The quantitative estimate of drug-likeness (QED) is 0.685. The van der Waals surface area contributed by atoms with Gasteiger partial charge in [0.15, 0.2) is 5.79 Å². The first-order chi connectivity index (χ1) is 12.0. The lowest BCUT2D eigenvalue weighted by Gasteiger charge is -2.35. The Bertz CT molecular complexity index is 798. The van der Waals surface area contributed by atoms with Crippen molar-refractivity contribution in [1.29, 1.82) is 0 Å². The van der Waals surface area contributed by atoms with Gasteiger partial charge < -0.3 is 16.0 Å². The van der Waals surface area contributed by atoms with E-state index in [0.29, 0.717) is 11.8 Å². The monoisotopic (exact) mass is 337 g/mol. The van der Waals surface area contributed by atoms with Crippen molar-refractivity contribution in [2.45, 2.75) is 19.6 Å². The van der Waals surface area contributed by atoms with Gasteiger partial charge in [-0.3, -0.25) is 5.73 Å². The maximum Gasteiger partial charge on any atom is 0.228 e. The molecule has 0 bridgehead atoms. The van der Waals surface area contributed by atoms with E-state index >= 15 is 0 Å². The highest BCUT2D eigenvalue weighted by atomic mass is 15.4. The van der Waals surface area contributed by atoms with E-state index in [9.17, 15) is 0 Å². The van der Waals surface area contributed by atoms with Gasteiger partial charge in [0, 0.05) is 36.5 Å². The van der Waals surface area contributed by atoms with Gasteiger partial charge in [-0.15, -0.1) is 0 Å². The van der Waals surface area contributed by atoms with Gasteiger partial charge in [-0.1, -0.05) is 44.2 Å². The molecule has 130 valence electrons. The zero-order valence-corrected chi connectivity index (χ0v) is 14.6. The fourth-order valence-corrected chi connectivity index (χ4v) is 2.39. The molecule has 1 unspecified atom stereocenters. The first kappa shape index (κ1) is 16.9. The van der Waals surface area contributed by atoms with Crippen LogP contribution in [0.25, 0.3) is 0 Å². The molecular formula is C18H23N7. The third kappa shape index (κ3) is 3.77. The number of pyridine rings is 1. The van der Waals surface area contributed by atoms with Crippen LogP contribution >= 0.6 is 0 Å². The predicted octanol–water partition coefficient (Wildman–Crippen LogP) is 2.21. The van der Waals surface area contributed by atoms with Crippen LogP contribution in [0.3, 0.4) is 0 Å². The summed E-state index contributed by atoms with van der Waals surface area (Å²) in [7, 11) is 1.82. The molecule has 7 heteroatoms. The van der Waals surface area contributed by atoms with Gasteiger partial charge in [0.1, 0.15) is 11.7 Å². The number of aromatic nitrogens is 1. The highest BCUT2D eigenvalue weighted by Crippen LogP contribution is 2.20. The average Bonchev–Trinajstić information content (AvgIpc) is 2.62. The summed E-state index contributed by atoms with van der Waals surface area (Å²) in [5, 5.41) is 9.50. The molecular weight excluding hydrogens is 314 g/mol. The second-order valence-corrected chi connectivity index (χ2v) is 6.17. The van der Waals surface area contributed by atoms with Gasteiger partial charge in [0.05, 0.1) is 0 Å². The van der Waals surface area contributed by atoms with Gasteiger partial charge in [-0.05, 0) is 6.07 Å². The number of hydrogen-bond donors (Lipinski definition) is 4. The smallest absolute Gasteiger partial charge is 0.228 e. The van der Waals surface area contributed by atoms with Crippen molar-refractivity contribution < 1.29 is 0 Å². The van der Waals surface area contributed by atoms with Gasteiger partial charge in [-0.2, -0.15) is 4.99 Å². The van der Waals surface area contributed by atoms with Crippen LogP contribution in [0.2, 0.25) is 0 Å². The topological polar surface area (TPSA) is 99.7 Å². The van der Waals surface area contributed by atoms with Crippen LogP contribution in [0.1, 0.15) is 19.4 Å². The van der Waals surface area contributed by atoms with Crippen LogP contribution in [0.15, 0.2) is 58.6 Å². The number of benzene rings is 1. The van der Waals surface area contributed by atoms with Crippen molar-refractivity contribution in [3.63, 3.8) is 0 Å². The molecule has 1 aromatic carbocycles.